The van der Waals surface area contributed by atoms with Crippen LogP contribution in [0, 0.1) is 0 Å². The third kappa shape index (κ3) is 7.35. The van der Waals surface area contributed by atoms with Crippen molar-refractivity contribution in [2.75, 3.05) is 9.80 Å². The van der Waals surface area contributed by atoms with Gasteiger partial charge in [-0.05, 0) is 128 Å². The van der Waals surface area contributed by atoms with Crippen molar-refractivity contribution in [3.8, 4) is 0 Å². The van der Waals surface area contributed by atoms with Gasteiger partial charge in [0.05, 0.1) is 0 Å². The molecule has 0 N–H and O–H groups in total. The average molecular weight is 767 g/mol. The molecule has 0 aliphatic rings. The van der Waals surface area contributed by atoms with E-state index in [4.69, 9.17) is 0 Å². The maximum atomic E-state index is 2.34. The van der Waals surface area contributed by atoms with Crippen LogP contribution in [0.1, 0.15) is 22.3 Å². The summed E-state index contributed by atoms with van der Waals surface area (Å²) in [7, 11) is 0. The van der Waals surface area contributed by atoms with E-state index in [9.17, 15) is 0 Å². The van der Waals surface area contributed by atoms with Gasteiger partial charge in [-0.25, -0.2) is 0 Å². The van der Waals surface area contributed by atoms with Crippen LogP contribution >= 0.6 is 0 Å². The zero-order chi connectivity index (χ0) is 40.1. The molecule has 2 heteroatoms. The van der Waals surface area contributed by atoms with Gasteiger partial charge >= 0.3 is 0 Å². The molecule has 10 aromatic rings. The summed E-state index contributed by atoms with van der Waals surface area (Å²) in [5.41, 5.74) is 13.6. The molecule has 0 unspecified atom stereocenters. The van der Waals surface area contributed by atoms with Crippen LogP contribution in [0.25, 0.3) is 32.7 Å². The molecule has 60 heavy (non-hydrogen) atoms. The fourth-order valence-corrected chi connectivity index (χ4v) is 8.35. The van der Waals surface area contributed by atoms with Crippen LogP contribution in [0.5, 0.6) is 0 Å². The quantitative estimate of drug-likeness (QED) is 0.128. The standard InChI is InChI=1S/C58H42N2/c1-5-19-45(20-6-1)57(47-31-35-53(36-32-47)59(51-25-9-3-10-26-51)55-39-29-43-17-13-15-23-49(43)41-55)58(46-21-7-2-8-22-46)48-33-37-54(38-34-48)60(52-27-11-4-12-28-52)56-40-30-44-18-14-16-24-50(44)42-56/h1-42H. The van der Waals surface area contributed by atoms with Gasteiger partial charge in [-0.2, -0.15) is 0 Å². The highest BCUT2D eigenvalue weighted by Crippen LogP contribution is 2.42. The van der Waals surface area contributed by atoms with Gasteiger partial charge in [0.15, 0.2) is 0 Å². The molecule has 284 valence electrons. The molecule has 2 nitrogen and oxygen atoms in total. The molecule has 0 heterocycles. The van der Waals surface area contributed by atoms with E-state index in [2.05, 4.69) is 265 Å². The fraction of sp³-hybridized carbons (Fsp3) is 0. The smallest absolute Gasteiger partial charge is 0.0468 e. The summed E-state index contributed by atoms with van der Waals surface area (Å²) in [4.78, 5) is 4.68. The van der Waals surface area contributed by atoms with Crippen LogP contribution in [-0.4, -0.2) is 0 Å². The normalized spacial score (nSPS) is 11.6. The minimum atomic E-state index is 1.09. The van der Waals surface area contributed by atoms with Crippen molar-refractivity contribution in [1.82, 2.24) is 0 Å². The van der Waals surface area contributed by atoms with Gasteiger partial charge in [-0.15, -0.1) is 0 Å². The molecule has 0 atom stereocenters. The lowest BCUT2D eigenvalue weighted by Crippen LogP contribution is -2.10. The van der Waals surface area contributed by atoms with E-state index >= 15 is 0 Å². The average Bonchev–Trinajstić information content (AvgIpc) is 3.33. The molecule has 10 aromatic carbocycles. The van der Waals surface area contributed by atoms with Crippen LogP contribution in [0.15, 0.2) is 255 Å². The van der Waals surface area contributed by atoms with Crippen molar-refractivity contribution in [2.45, 2.75) is 0 Å². The predicted molar refractivity (Wildman–Crippen MR) is 255 cm³/mol. The highest BCUT2D eigenvalue weighted by molar-refractivity contribution is 6.05. The lowest BCUT2D eigenvalue weighted by Gasteiger charge is -2.27. The Morgan fingerprint density at radius 3 is 0.833 bits per heavy atom. The highest BCUT2D eigenvalue weighted by Gasteiger charge is 2.20. The number of fused-ring (bicyclic) bond motifs is 2. The Balaban J connectivity index is 1.11. The fourth-order valence-electron chi connectivity index (χ4n) is 8.35. The van der Waals surface area contributed by atoms with Gasteiger partial charge in [-0.1, -0.05) is 182 Å². The number of para-hydroxylation sites is 2. The summed E-state index contributed by atoms with van der Waals surface area (Å²) in [5.74, 6) is 0. The van der Waals surface area contributed by atoms with E-state index in [1.807, 2.05) is 0 Å². The Hall–Kier alpha value is -7.94. The number of anilines is 6. The summed E-state index contributed by atoms with van der Waals surface area (Å²) in [5, 5.41) is 4.88. The maximum Gasteiger partial charge on any atom is 0.0468 e. The summed E-state index contributed by atoms with van der Waals surface area (Å²) >= 11 is 0. The Morgan fingerprint density at radius 1 is 0.200 bits per heavy atom. The first kappa shape index (κ1) is 36.4. The minimum absolute atomic E-state index is 1.09. The predicted octanol–water partition coefficient (Wildman–Crippen LogP) is 15.9. The molecule has 0 fully saturated rings. The summed E-state index contributed by atoms with van der Waals surface area (Å²) in [6, 6.07) is 91.5. The van der Waals surface area contributed by atoms with E-state index in [1.54, 1.807) is 0 Å². The lowest BCUT2D eigenvalue weighted by atomic mass is 9.85. The first-order chi connectivity index (χ1) is 29.8. The van der Waals surface area contributed by atoms with E-state index in [1.165, 1.54) is 32.7 Å². The Morgan fingerprint density at radius 2 is 0.467 bits per heavy atom. The molecular formula is C58H42N2. The zero-order valence-corrected chi connectivity index (χ0v) is 33.1. The van der Waals surface area contributed by atoms with E-state index in [-0.39, 0.29) is 0 Å². The van der Waals surface area contributed by atoms with Gasteiger partial charge in [-0.3, -0.25) is 0 Å². The van der Waals surface area contributed by atoms with E-state index in [0.717, 1.165) is 56.4 Å². The number of benzene rings is 10. The molecule has 0 bridgehead atoms. The van der Waals surface area contributed by atoms with Gasteiger partial charge in [0.25, 0.3) is 0 Å². The van der Waals surface area contributed by atoms with Gasteiger partial charge < -0.3 is 9.80 Å². The molecule has 0 saturated carbocycles. The largest absolute Gasteiger partial charge is 0.310 e. The van der Waals surface area contributed by atoms with Crippen molar-refractivity contribution in [3.05, 3.63) is 277 Å². The lowest BCUT2D eigenvalue weighted by molar-refractivity contribution is 1.28. The second-order valence-corrected chi connectivity index (χ2v) is 15.0. The second kappa shape index (κ2) is 16.5. The van der Waals surface area contributed by atoms with Gasteiger partial charge in [0, 0.05) is 34.1 Å². The van der Waals surface area contributed by atoms with Crippen LogP contribution in [0.3, 0.4) is 0 Å². The van der Waals surface area contributed by atoms with Crippen LogP contribution in [0.2, 0.25) is 0 Å². The first-order valence-corrected chi connectivity index (χ1v) is 20.5. The van der Waals surface area contributed by atoms with Crippen LogP contribution in [-0.2, 0) is 0 Å². The third-order valence-electron chi connectivity index (χ3n) is 11.2. The van der Waals surface area contributed by atoms with Crippen molar-refractivity contribution in [3.63, 3.8) is 0 Å². The highest BCUT2D eigenvalue weighted by atomic mass is 15.1. The molecule has 0 aromatic heterocycles. The van der Waals surface area contributed by atoms with Crippen LogP contribution < -0.4 is 9.80 Å². The topological polar surface area (TPSA) is 6.48 Å². The number of hydrogen-bond acceptors (Lipinski definition) is 2. The SMILES string of the molecule is c1ccc(C(=C(c2ccccc2)c2ccc(N(c3ccccc3)c3ccc4ccccc4c3)cc2)c2ccc(N(c3ccccc3)c3ccc4ccccc4c3)cc2)cc1. The summed E-state index contributed by atoms with van der Waals surface area (Å²) in [6.45, 7) is 0. The molecule has 0 radical (unpaired) electrons. The molecule has 0 aliphatic heterocycles. The molecule has 0 saturated heterocycles. The number of rotatable bonds is 10. The zero-order valence-electron chi connectivity index (χ0n) is 33.1. The van der Waals surface area contributed by atoms with E-state index in [0.29, 0.717) is 0 Å². The van der Waals surface area contributed by atoms with Crippen molar-refractivity contribution in [1.29, 1.82) is 0 Å². The Labute approximate surface area is 352 Å². The molecule has 0 spiro atoms. The Bertz CT molecular complexity index is 2840. The summed E-state index contributed by atoms with van der Waals surface area (Å²) < 4.78 is 0. The van der Waals surface area contributed by atoms with E-state index < -0.39 is 0 Å². The van der Waals surface area contributed by atoms with Crippen molar-refractivity contribution < 1.29 is 0 Å². The third-order valence-corrected chi connectivity index (χ3v) is 11.2. The van der Waals surface area contributed by atoms with Crippen LogP contribution in [0.4, 0.5) is 34.1 Å². The number of hydrogen-bond donors (Lipinski definition) is 0. The second-order valence-electron chi connectivity index (χ2n) is 15.0. The molecule has 0 amide bonds. The monoisotopic (exact) mass is 766 g/mol. The Kier molecular flexibility index (Phi) is 10.0. The van der Waals surface area contributed by atoms with Crippen molar-refractivity contribution >= 4 is 66.8 Å². The first-order valence-electron chi connectivity index (χ1n) is 20.5. The number of nitrogens with zero attached hydrogens (tertiary/aromatic N) is 2. The molecule has 10 rings (SSSR count). The molecule has 0 aliphatic carbocycles. The van der Waals surface area contributed by atoms with Crippen molar-refractivity contribution in [2.24, 2.45) is 0 Å². The summed E-state index contributed by atoms with van der Waals surface area (Å²) in [6.07, 6.45) is 0. The maximum absolute atomic E-state index is 2.34. The molecular weight excluding hydrogens is 725 g/mol. The minimum Gasteiger partial charge on any atom is -0.310 e. The van der Waals surface area contributed by atoms with Gasteiger partial charge in [0.1, 0.15) is 0 Å². The van der Waals surface area contributed by atoms with Gasteiger partial charge in [0.2, 0.25) is 0 Å².